The fourth-order valence-electron chi connectivity index (χ4n) is 3.13. The monoisotopic (exact) mass is 520 g/mol. The molecule has 0 saturated carbocycles. The lowest BCUT2D eigenvalue weighted by atomic mass is 10.3. The average Bonchev–Trinajstić information content (AvgIpc) is 2.74. The molecule has 2 rings (SSSR count). The zero-order valence-corrected chi connectivity index (χ0v) is 20.3. The summed E-state index contributed by atoms with van der Waals surface area (Å²) in [5.41, 5.74) is 0. The molecule has 29 heavy (non-hydrogen) atoms. The highest BCUT2D eigenvalue weighted by Crippen LogP contribution is 2.08. The van der Waals surface area contributed by atoms with E-state index >= 15 is 0 Å². The van der Waals surface area contributed by atoms with E-state index in [9.17, 15) is 0 Å². The van der Waals surface area contributed by atoms with Crippen molar-refractivity contribution < 1.29 is 4.74 Å². The molecule has 0 unspecified atom stereocenters. The van der Waals surface area contributed by atoms with Crippen molar-refractivity contribution in [2.24, 2.45) is 4.99 Å². The maximum atomic E-state index is 5.09. The number of rotatable bonds is 11. The summed E-state index contributed by atoms with van der Waals surface area (Å²) in [4.78, 5) is 20.0. The summed E-state index contributed by atoms with van der Waals surface area (Å²) in [5.74, 6) is 1.69. The predicted octanol–water partition coefficient (Wildman–Crippen LogP) is 0.350. The van der Waals surface area contributed by atoms with E-state index in [1.165, 1.54) is 0 Å². The molecule has 1 aliphatic rings. The second-order valence-electron chi connectivity index (χ2n) is 6.95. The molecule has 0 aliphatic carbocycles. The minimum atomic E-state index is 0. The molecular formula is C19H37IN8O. The predicted molar refractivity (Wildman–Crippen MR) is 129 cm³/mol. The second kappa shape index (κ2) is 15.6. The third kappa shape index (κ3) is 10.4. The van der Waals surface area contributed by atoms with E-state index in [1.807, 2.05) is 13.1 Å². The van der Waals surface area contributed by atoms with Crippen LogP contribution in [-0.4, -0.2) is 112 Å². The molecule has 1 fully saturated rings. The number of halogens is 1. The van der Waals surface area contributed by atoms with E-state index in [0.717, 1.165) is 83.8 Å². The Morgan fingerprint density at radius 1 is 1.14 bits per heavy atom. The number of likely N-dealkylation sites (N-methyl/N-ethyl adjacent to an activating group) is 1. The number of nitrogens with zero attached hydrogens (tertiary/aromatic N) is 6. The number of methoxy groups -OCH3 is 1. The Morgan fingerprint density at radius 3 is 2.48 bits per heavy atom. The molecule has 1 aromatic rings. The van der Waals surface area contributed by atoms with Crippen LogP contribution in [0.3, 0.4) is 0 Å². The highest BCUT2D eigenvalue weighted by Gasteiger charge is 2.18. The number of nitrogens with one attached hydrogen (secondary N) is 2. The van der Waals surface area contributed by atoms with Crippen LogP contribution in [0.1, 0.15) is 6.42 Å². The first-order valence-electron chi connectivity index (χ1n) is 10.1. The van der Waals surface area contributed by atoms with Crippen LogP contribution in [0, 0.1) is 0 Å². The Morgan fingerprint density at radius 2 is 1.83 bits per heavy atom. The lowest BCUT2D eigenvalue weighted by Crippen LogP contribution is -2.50. The third-order valence-corrected chi connectivity index (χ3v) is 4.83. The van der Waals surface area contributed by atoms with E-state index in [4.69, 9.17) is 4.74 Å². The van der Waals surface area contributed by atoms with Crippen LogP contribution in [0.5, 0.6) is 0 Å². The number of anilines is 1. The average molecular weight is 520 g/mol. The lowest BCUT2D eigenvalue weighted by molar-refractivity contribution is 0.180. The fraction of sp³-hybridized carbons (Fsp3) is 0.737. The number of hydrogen-bond acceptors (Lipinski definition) is 7. The van der Waals surface area contributed by atoms with Gasteiger partial charge in [0, 0.05) is 92.1 Å². The van der Waals surface area contributed by atoms with Crippen LogP contribution >= 0.6 is 24.0 Å². The molecule has 1 saturated heterocycles. The molecule has 0 bridgehead atoms. The van der Waals surface area contributed by atoms with Crippen molar-refractivity contribution in [1.29, 1.82) is 0 Å². The van der Waals surface area contributed by atoms with Gasteiger partial charge in [0.05, 0.1) is 0 Å². The van der Waals surface area contributed by atoms with Crippen LogP contribution in [0.2, 0.25) is 0 Å². The quantitative estimate of drug-likeness (QED) is 0.187. The van der Waals surface area contributed by atoms with Crippen LogP contribution in [0.4, 0.5) is 5.95 Å². The van der Waals surface area contributed by atoms with Gasteiger partial charge >= 0.3 is 0 Å². The zero-order chi connectivity index (χ0) is 20.0. The maximum Gasteiger partial charge on any atom is 0.225 e. The number of ether oxygens (including phenoxy) is 1. The first-order chi connectivity index (χ1) is 13.7. The summed E-state index contributed by atoms with van der Waals surface area (Å²) in [6.07, 6.45) is 4.66. The molecule has 2 N–H and O–H groups in total. The molecule has 0 radical (unpaired) electrons. The van der Waals surface area contributed by atoms with Gasteiger partial charge in [0.1, 0.15) is 0 Å². The summed E-state index contributed by atoms with van der Waals surface area (Å²) in [6, 6.07) is 1.85. The van der Waals surface area contributed by atoms with Gasteiger partial charge in [-0.3, -0.25) is 9.89 Å². The molecule has 0 amide bonds. The van der Waals surface area contributed by atoms with E-state index in [0.29, 0.717) is 0 Å². The van der Waals surface area contributed by atoms with Crippen molar-refractivity contribution in [3.8, 4) is 0 Å². The maximum absolute atomic E-state index is 5.09. The first-order valence-corrected chi connectivity index (χ1v) is 10.1. The number of aliphatic imine (C=N–C) groups is 1. The topological polar surface area (TPSA) is 81.2 Å². The molecule has 1 aromatic heterocycles. The Hall–Kier alpha value is -1.24. The smallest absolute Gasteiger partial charge is 0.225 e. The lowest BCUT2D eigenvalue weighted by Gasteiger charge is -2.34. The molecule has 0 spiro atoms. The molecule has 10 heteroatoms. The number of aromatic nitrogens is 2. The number of piperazine rings is 1. The fourth-order valence-corrected chi connectivity index (χ4v) is 3.13. The van der Waals surface area contributed by atoms with Gasteiger partial charge in [-0.05, 0) is 19.5 Å². The van der Waals surface area contributed by atoms with Crippen molar-refractivity contribution in [2.45, 2.75) is 6.42 Å². The van der Waals surface area contributed by atoms with Crippen LogP contribution in [0.25, 0.3) is 0 Å². The van der Waals surface area contributed by atoms with Crippen molar-refractivity contribution in [1.82, 2.24) is 30.4 Å². The summed E-state index contributed by atoms with van der Waals surface area (Å²) in [7, 11) is 5.69. The third-order valence-electron chi connectivity index (χ3n) is 4.83. The van der Waals surface area contributed by atoms with Crippen LogP contribution in [-0.2, 0) is 4.74 Å². The highest BCUT2D eigenvalue weighted by molar-refractivity contribution is 14.0. The first kappa shape index (κ1) is 25.8. The summed E-state index contributed by atoms with van der Waals surface area (Å²) >= 11 is 0. The Bertz CT molecular complexity index is 554. The van der Waals surface area contributed by atoms with Gasteiger partial charge in [-0.25, -0.2) is 9.97 Å². The number of guanidine groups is 1. The second-order valence-corrected chi connectivity index (χ2v) is 6.95. The minimum absolute atomic E-state index is 0. The Kier molecular flexibility index (Phi) is 13.9. The Labute approximate surface area is 192 Å². The van der Waals surface area contributed by atoms with E-state index in [1.54, 1.807) is 19.5 Å². The van der Waals surface area contributed by atoms with Crippen molar-refractivity contribution >= 4 is 35.9 Å². The van der Waals surface area contributed by atoms with Gasteiger partial charge in [0.15, 0.2) is 5.96 Å². The van der Waals surface area contributed by atoms with Gasteiger partial charge in [0.2, 0.25) is 5.95 Å². The summed E-state index contributed by atoms with van der Waals surface area (Å²) in [6.45, 7) is 9.57. The van der Waals surface area contributed by atoms with Gasteiger partial charge in [-0.15, -0.1) is 24.0 Å². The van der Waals surface area contributed by atoms with Crippen molar-refractivity contribution in [3.05, 3.63) is 18.5 Å². The summed E-state index contributed by atoms with van der Waals surface area (Å²) in [5, 5.41) is 6.79. The Balaban J connectivity index is 0.00000420. The summed E-state index contributed by atoms with van der Waals surface area (Å²) < 4.78 is 5.09. The molecular weight excluding hydrogens is 483 g/mol. The molecule has 166 valence electrons. The standard InChI is InChI=1S/C19H36N8O.HI/c1-20-18(21-8-11-25(2)10-5-17-28-3)22-9-12-26-13-15-27(16-14-26)19-23-6-4-7-24-19;/h4,6-7H,5,8-17H2,1-3H3,(H2,20,21,22);1H. The SMILES string of the molecule is CN=C(NCCN(C)CCCOC)NCCN1CCN(c2ncccn2)CC1.I. The van der Waals surface area contributed by atoms with E-state index in [2.05, 4.69) is 47.3 Å². The van der Waals surface area contributed by atoms with Crippen molar-refractivity contribution in [2.75, 3.05) is 91.6 Å². The van der Waals surface area contributed by atoms with Crippen LogP contribution in [0.15, 0.2) is 23.5 Å². The normalized spacial score (nSPS) is 15.3. The van der Waals surface area contributed by atoms with Gasteiger partial charge < -0.3 is 25.2 Å². The van der Waals surface area contributed by atoms with E-state index in [-0.39, 0.29) is 24.0 Å². The van der Waals surface area contributed by atoms with Gasteiger partial charge in [-0.1, -0.05) is 0 Å². The molecule has 1 aliphatic heterocycles. The molecule has 0 aromatic carbocycles. The largest absolute Gasteiger partial charge is 0.385 e. The van der Waals surface area contributed by atoms with Crippen LogP contribution < -0.4 is 15.5 Å². The molecule has 0 atom stereocenters. The van der Waals surface area contributed by atoms with Gasteiger partial charge in [-0.2, -0.15) is 0 Å². The van der Waals surface area contributed by atoms with E-state index < -0.39 is 0 Å². The molecule has 9 nitrogen and oxygen atoms in total. The molecule has 2 heterocycles. The number of hydrogen-bond donors (Lipinski definition) is 2. The zero-order valence-electron chi connectivity index (χ0n) is 18.0. The minimum Gasteiger partial charge on any atom is -0.385 e. The highest BCUT2D eigenvalue weighted by atomic mass is 127. The van der Waals surface area contributed by atoms with Crippen molar-refractivity contribution in [3.63, 3.8) is 0 Å². The van der Waals surface area contributed by atoms with Gasteiger partial charge in [0.25, 0.3) is 0 Å².